The highest BCUT2D eigenvalue weighted by molar-refractivity contribution is 5.66. The van der Waals surface area contributed by atoms with Crippen LogP contribution in [0.5, 0.6) is 0 Å². The number of hydrogen-bond acceptors (Lipinski definition) is 9. The standard InChI is InChI=1S/C33H52O9/c1-16-11-23(36)41-20-13-31(6)21-12-19(40-17(2)34)27-29(3,4)22(42-28-26(38)25(37)18(35)14-39-28)7-8-33(27)15-32(21,33)10-9-30(31,5)24(16)20/h16,18-28,35-38H,7-15H2,1-6H3. The second kappa shape index (κ2) is 9.36. The van der Waals surface area contributed by atoms with Crippen LogP contribution in [0.1, 0.15) is 92.9 Å². The molecule has 16 unspecified atom stereocenters. The first kappa shape index (κ1) is 29.9. The fraction of sp³-hybridized carbons (Fsp3) is 0.970. The van der Waals surface area contributed by atoms with Crippen LogP contribution < -0.4 is 0 Å². The van der Waals surface area contributed by atoms with E-state index < -0.39 is 30.9 Å². The van der Waals surface area contributed by atoms with Crippen molar-refractivity contribution in [2.24, 2.45) is 50.7 Å². The Bertz CT molecular complexity index is 1110. The predicted octanol–water partition coefficient (Wildman–Crippen LogP) is 3.14. The molecule has 42 heavy (non-hydrogen) atoms. The van der Waals surface area contributed by atoms with Gasteiger partial charge in [-0.05, 0) is 89.8 Å². The van der Waals surface area contributed by atoms with E-state index in [1.54, 1.807) is 0 Å². The molecule has 0 aromatic carbocycles. The minimum absolute atomic E-state index is 0.0142. The molecule has 0 amide bonds. The monoisotopic (exact) mass is 592 g/mol. The summed E-state index contributed by atoms with van der Waals surface area (Å²) in [6.07, 6.45) is 1.69. The van der Waals surface area contributed by atoms with Crippen LogP contribution in [0.25, 0.3) is 0 Å². The Morgan fingerprint density at radius 2 is 1.67 bits per heavy atom. The van der Waals surface area contributed by atoms with Gasteiger partial charge >= 0.3 is 5.97 Å². The largest absolute Gasteiger partial charge is 0.462 e. The van der Waals surface area contributed by atoms with Crippen LogP contribution in [0.3, 0.4) is 0 Å². The minimum atomic E-state index is -1.34. The van der Waals surface area contributed by atoms with Crippen LogP contribution >= 0.6 is 0 Å². The van der Waals surface area contributed by atoms with E-state index in [0.29, 0.717) is 24.2 Å². The lowest BCUT2D eigenvalue weighted by Gasteiger charge is -2.64. The van der Waals surface area contributed by atoms with Gasteiger partial charge in [0.05, 0.1) is 18.8 Å². The van der Waals surface area contributed by atoms with Gasteiger partial charge in [0.25, 0.3) is 0 Å². The van der Waals surface area contributed by atoms with Crippen LogP contribution in [-0.2, 0) is 23.7 Å². The van der Waals surface area contributed by atoms with Crippen LogP contribution in [0.4, 0.5) is 0 Å². The lowest BCUT2D eigenvalue weighted by molar-refractivity contribution is -0.307. The highest BCUT2D eigenvalue weighted by atomic mass is 16.7. The zero-order valence-corrected chi connectivity index (χ0v) is 26.1. The van der Waals surface area contributed by atoms with E-state index in [1.165, 1.54) is 13.3 Å². The molecule has 7 rings (SSSR count). The van der Waals surface area contributed by atoms with Gasteiger partial charge in [0, 0.05) is 19.3 Å². The van der Waals surface area contributed by atoms with Crippen molar-refractivity contribution in [2.75, 3.05) is 6.61 Å². The van der Waals surface area contributed by atoms with Crippen molar-refractivity contribution < 1.29 is 44.2 Å². The molecule has 7 aliphatic rings. The summed E-state index contributed by atoms with van der Waals surface area (Å²) >= 11 is 0. The Labute approximate surface area is 249 Å². The number of rotatable bonds is 3. The Balaban J connectivity index is 1.22. The molecular weight excluding hydrogens is 540 g/mol. The first-order valence-electron chi connectivity index (χ1n) is 16.4. The summed E-state index contributed by atoms with van der Waals surface area (Å²) in [4.78, 5) is 12.6. The van der Waals surface area contributed by atoms with Crippen LogP contribution in [0, 0.1) is 50.7 Å². The van der Waals surface area contributed by atoms with E-state index in [2.05, 4.69) is 34.6 Å². The van der Waals surface area contributed by atoms with Crippen molar-refractivity contribution in [1.29, 1.82) is 0 Å². The number of carbonyl (C=O) groups excluding carboxylic acids is 1. The Kier molecular flexibility index (Phi) is 6.66. The molecule has 238 valence electrons. The summed E-state index contributed by atoms with van der Waals surface area (Å²) in [5.74, 6) is 1.05. The van der Waals surface area contributed by atoms with Gasteiger partial charge < -0.3 is 39.4 Å². The third-order valence-electron chi connectivity index (χ3n) is 14.6. The summed E-state index contributed by atoms with van der Waals surface area (Å²) in [5, 5.41) is 41.4. The molecule has 2 saturated heterocycles. The molecule has 2 heterocycles. The highest BCUT2D eigenvalue weighted by Crippen LogP contribution is 2.89. The van der Waals surface area contributed by atoms with Gasteiger partial charge in [-0.25, -0.2) is 0 Å². The first-order valence-corrected chi connectivity index (χ1v) is 16.4. The second-order valence-corrected chi connectivity index (χ2v) is 16.5. The maximum atomic E-state index is 12.6. The van der Waals surface area contributed by atoms with Crippen LogP contribution in [0.2, 0.25) is 0 Å². The van der Waals surface area contributed by atoms with Crippen LogP contribution in [-0.4, -0.2) is 82.2 Å². The average Bonchev–Trinajstić information content (AvgIpc) is 3.47. The van der Waals surface area contributed by atoms with Gasteiger partial charge in [0.15, 0.2) is 12.6 Å². The van der Waals surface area contributed by atoms with E-state index in [4.69, 9.17) is 18.9 Å². The van der Waals surface area contributed by atoms with E-state index in [1.807, 2.05) is 0 Å². The molecule has 0 aromatic heterocycles. The number of aliphatic hydroxyl groups excluding tert-OH is 4. The lowest BCUT2D eigenvalue weighted by atomic mass is 9.41. The molecule has 9 nitrogen and oxygen atoms in total. The van der Waals surface area contributed by atoms with Crippen molar-refractivity contribution in [3.63, 3.8) is 0 Å². The molecule has 5 aliphatic carbocycles. The molecular formula is C33H52O9. The average molecular weight is 593 g/mol. The number of fused-ring (bicyclic) bond motifs is 4. The van der Waals surface area contributed by atoms with E-state index in [9.17, 15) is 25.2 Å². The Morgan fingerprint density at radius 3 is 2.38 bits per heavy atom. The smallest absolute Gasteiger partial charge is 0.302 e. The number of ether oxygens (including phenoxy) is 4. The molecule has 0 aromatic rings. The van der Waals surface area contributed by atoms with Crippen molar-refractivity contribution in [1.82, 2.24) is 0 Å². The van der Waals surface area contributed by atoms with E-state index in [0.717, 1.165) is 38.5 Å². The third kappa shape index (κ3) is 3.71. The normalized spacial score (nSPS) is 59.4. The zero-order valence-electron chi connectivity index (χ0n) is 26.1. The summed E-state index contributed by atoms with van der Waals surface area (Å²) < 4.78 is 24.6. The molecule has 0 radical (unpaired) electrons. The summed E-state index contributed by atoms with van der Waals surface area (Å²) in [5.41, 5.74) is -0.0446. The molecule has 5 saturated carbocycles. The predicted molar refractivity (Wildman–Crippen MR) is 150 cm³/mol. The molecule has 2 spiro atoms. The molecule has 4 N–H and O–H groups in total. The minimum Gasteiger partial charge on any atom is -0.462 e. The number of esters is 1. The maximum absolute atomic E-state index is 12.6. The molecule has 9 heteroatoms. The van der Waals surface area contributed by atoms with Gasteiger partial charge in [-0.1, -0.05) is 34.6 Å². The Hall–Kier alpha value is -0.810. The van der Waals surface area contributed by atoms with E-state index >= 15 is 0 Å². The van der Waals surface area contributed by atoms with Gasteiger partial charge in [-0.2, -0.15) is 0 Å². The number of aliphatic hydroxyl groups is 4. The summed E-state index contributed by atoms with van der Waals surface area (Å²) in [7, 11) is 0. The third-order valence-corrected chi connectivity index (χ3v) is 14.6. The van der Waals surface area contributed by atoms with Gasteiger partial charge in [0.1, 0.15) is 24.4 Å². The molecule has 0 bridgehead atoms. The second-order valence-electron chi connectivity index (χ2n) is 16.5. The van der Waals surface area contributed by atoms with Crippen molar-refractivity contribution in [2.45, 2.75) is 142 Å². The van der Waals surface area contributed by atoms with Crippen LogP contribution in [0.15, 0.2) is 0 Å². The van der Waals surface area contributed by atoms with Crippen molar-refractivity contribution >= 4 is 5.97 Å². The molecule has 16 atom stereocenters. The summed E-state index contributed by atoms with van der Waals surface area (Å²) in [6.45, 7) is 13.1. The number of hydrogen-bond donors (Lipinski definition) is 4. The topological polar surface area (TPSA) is 135 Å². The van der Waals surface area contributed by atoms with Gasteiger partial charge in [-0.3, -0.25) is 4.79 Å². The van der Waals surface area contributed by atoms with Gasteiger partial charge in [0.2, 0.25) is 0 Å². The van der Waals surface area contributed by atoms with Crippen molar-refractivity contribution in [3.05, 3.63) is 0 Å². The summed E-state index contributed by atoms with van der Waals surface area (Å²) in [6, 6.07) is 0. The SMILES string of the molecule is CC(=O)OC1CC2C3(C)CC4OC(O)CC(C)C4C3(C)CCC23CC32CCC(OC3OCC(O)C(O)C3O)C(C)(C)C12. The molecule has 2 aliphatic heterocycles. The number of carbonyl (C=O) groups is 1. The van der Waals surface area contributed by atoms with E-state index in [-0.39, 0.29) is 63.9 Å². The quantitative estimate of drug-likeness (QED) is 0.288. The Morgan fingerprint density at radius 1 is 0.929 bits per heavy atom. The first-order chi connectivity index (χ1) is 19.6. The zero-order chi connectivity index (χ0) is 30.2. The van der Waals surface area contributed by atoms with Gasteiger partial charge in [-0.15, -0.1) is 0 Å². The highest BCUT2D eigenvalue weighted by Gasteiger charge is 2.85. The van der Waals surface area contributed by atoms with Crippen molar-refractivity contribution in [3.8, 4) is 0 Å². The maximum Gasteiger partial charge on any atom is 0.302 e. The fourth-order valence-corrected chi connectivity index (χ4v) is 12.9. The fourth-order valence-electron chi connectivity index (χ4n) is 12.9. The lowest BCUT2D eigenvalue weighted by Crippen LogP contribution is -2.63. The molecule has 7 fully saturated rings.